The first-order valence-corrected chi connectivity index (χ1v) is 6.43. The van der Waals surface area contributed by atoms with Crippen LogP contribution in [0.1, 0.15) is 25.8 Å². The van der Waals surface area contributed by atoms with Gasteiger partial charge in [0.1, 0.15) is 0 Å². The second-order valence-electron chi connectivity index (χ2n) is 4.69. The molecule has 3 heterocycles. The number of hydrogen-bond acceptors (Lipinski definition) is 4. The van der Waals surface area contributed by atoms with E-state index in [1.807, 2.05) is 0 Å². The lowest BCUT2D eigenvalue weighted by atomic mass is 10.1. The first-order chi connectivity index (χ1) is 8.79. The van der Waals surface area contributed by atoms with Gasteiger partial charge in [-0.15, -0.1) is 0 Å². The van der Waals surface area contributed by atoms with Gasteiger partial charge in [0.2, 0.25) is 0 Å². The molecule has 1 fully saturated rings. The van der Waals surface area contributed by atoms with E-state index in [9.17, 15) is 4.79 Å². The highest BCUT2D eigenvalue weighted by Crippen LogP contribution is 2.23. The van der Waals surface area contributed by atoms with Gasteiger partial charge in [-0.2, -0.15) is 0 Å². The van der Waals surface area contributed by atoms with E-state index in [4.69, 9.17) is 0 Å². The van der Waals surface area contributed by atoms with Crippen LogP contribution in [0, 0.1) is 0 Å². The number of fused-ring (bicyclic) bond motifs is 1. The molecule has 1 saturated heterocycles. The Morgan fingerprint density at radius 1 is 1.33 bits per heavy atom. The number of hydrogen-bond donors (Lipinski definition) is 1. The van der Waals surface area contributed by atoms with Crippen molar-refractivity contribution in [3.8, 4) is 0 Å². The molecule has 6 heteroatoms. The van der Waals surface area contributed by atoms with Crippen molar-refractivity contribution in [3.05, 3.63) is 22.9 Å². The quantitative estimate of drug-likeness (QED) is 0.851. The number of aromatic amines is 1. The maximum atomic E-state index is 12.0. The molecule has 0 unspecified atom stereocenters. The normalized spacial score (nSPS) is 18.5. The minimum absolute atomic E-state index is 0.0915. The molecule has 18 heavy (non-hydrogen) atoms. The Labute approximate surface area is 105 Å². The van der Waals surface area contributed by atoms with Crippen LogP contribution in [0.15, 0.2) is 17.2 Å². The molecule has 3 rings (SSSR count). The third-order valence-corrected chi connectivity index (χ3v) is 3.72. The summed E-state index contributed by atoms with van der Waals surface area (Å²) in [7, 11) is 0. The van der Waals surface area contributed by atoms with Crippen molar-refractivity contribution in [2.45, 2.75) is 25.8 Å². The second kappa shape index (κ2) is 4.53. The van der Waals surface area contributed by atoms with Crippen molar-refractivity contribution in [2.75, 3.05) is 19.6 Å². The summed E-state index contributed by atoms with van der Waals surface area (Å²) in [6, 6.07) is 0.241. The van der Waals surface area contributed by atoms with Gasteiger partial charge in [0.25, 0.3) is 0 Å². The lowest BCUT2D eigenvalue weighted by Crippen LogP contribution is -2.36. The van der Waals surface area contributed by atoms with E-state index in [1.165, 1.54) is 0 Å². The van der Waals surface area contributed by atoms with Crippen molar-refractivity contribution in [3.63, 3.8) is 0 Å². The predicted molar refractivity (Wildman–Crippen MR) is 68.5 cm³/mol. The van der Waals surface area contributed by atoms with Gasteiger partial charge >= 0.3 is 5.69 Å². The van der Waals surface area contributed by atoms with E-state index < -0.39 is 0 Å². The summed E-state index contributed by atoms with van der Waals surface area (Å²) in [6.07, 6.45) is 5.23. The predicted octanol–water partition coefficient (Wildman–Crippen LogP) is 0.776. The van der Waals surface area contributed by atoms with Gasteiger partial charge in [-0.1, -0.05) is 6.92 Å². The third kappa shape index (κ3) is 1.82. The molecule has 0 spiro atoms. The Morgan fingerprint density at radius 2 is 2.06 bits per heavy atom. The van der Waals surface area contributed by atoms with Gasteiger partial charge < -0.3 is 4.90 Å². The summed E-state index contributed by atoms with van der Waals surface area (Å²) in [4.78, 5) is 25.6. The molecule has 0 amide bonds. The van der Waals surface area contributed by atoms with Gasteiger partial charge in [0, 0.05) is 31.5 Å². The number of H-pyrrole nitrogens is 1. The maximum absolute atomic E-state index is 12.0. The first-order valence-electron chi connectivity index (χ1n) is 6.43. The number of nitrogens with zero attached hydrogens (tertiary/aromatic N) is 4. The Balaban J connectivity index is 1.95. The second-order valence-corrected chi connectivity index (χ2v) is 4.69. The summed E-state index contributed by atoms with van der Waals surface area (Å²) >= 11 is 0. The summed E-state index contributed by atoms with van der Waals surface area (Å²) in [5.74, 6) is 0. The van der Waals surface area contributed by atoms with E-state index in [0.717, 1.165) is 32.5 Å². The minimum atomic E-state index is -0.0915. The highest BCUT2D eigenvalue weighted by Gasteiger charge is 2.23. The molecule has 1 aliphatic rings. The third-order valence-electron chi connectivity index (χ3n) is 3.72. The monoisotopic (exact) mass is 247 g/mol. The van der Waals surface area contributed by atoms with E-state index in [1.54, 1.807) is 17.0 Å². The van der Waals surface area contributed by atoms with Crippen LogP contribution in [0.25, 0.3) is 11.3 Å². The standard InChI is InChI=1S/C12H17N5O/c1-2-16-7-3-9(4-8-16)17-11-10(15-12(17)18)13-5-6-14-11/h5-6,9H,2-4,7-8H2,1H3,(H,13,15,18). The molecule has 0 aliphatic carbocycles. The number of nitrogens with one attached hydrogen (secondary N) is 1. The van der Waals surface area contributed by atoms with Crippen LogP contribution in [-0.2, 0) is 0 Å². The molecule has 2 aromatic rings. The Hall–Kier alpha value is -1.69. The molecule has 0 saturated carbocycles. The molecule has 6 nitrogen and oxygen atoms in total. The first kappa shape index (κ1) is 11.4. The Morgan fingerprint density at radius 3 is 2.78 bits per heavy atom. The number of aromatic nitrogens is 4. The average Bonchev–Trinajstić information content (AvgIpc) is 2.75. The van der Waals surface area contributed by atoms with Crippen molar-refractivity contribution in [1.29, 1.82) is 0 Å². The van der Waals surface area contributed by atoms with Gasteiger partial charge in [-0.05, 0) is 19.4 Å². The fraction of sp³-hybridized carbons (Fsp3) is 0.583. The van der Waals surface area contributed by atoms with Crippen LogP contribution < -0.4 is 5.69 Å². The average molecular weight is 247 g/mol. The van der Waals surface area contributed by atoms with E-state index in [2.05, 4.69) is 26.8 Å². The van der Waals surface area contributed by atoms with Crippen molar-refractivity contribution in [1.82, 2.24) is 24.4 Å². The molecule has 0 radical (unpaired) electrons. The van der Waals surface area contributed by atoms with Crippen LogP contribution in [0.4, 0.5) is 0 Å². The Kier molecular flexibility index (Phi) is 2.87. The summed E-state index contributed by atoms with van der Waals surface area (Å²) in [6.45, 7) is 5.33. The zero-order valence-corrected chi connectivity index (χ0v) is 10.5. The zero-order chi connectivity index (χ0) is 12.5. The van der Waals surface area contributed by atoms with Crippen LogP contribution in [0.2, 0.25) is 0 Å². The number of piperidine rings is 1. The van der Waals surface area contributed by atoms with Crippen LogP contribution in [0.5, 0.6) is 0 Å². The largest absolute Gasteiger partial charge is 0.329 e. The van der Waals surface area contributed by atoms with Crippen LogP contribution >= 0.6 is 0 Å². The lowest BCUT2D eigenvalue weighted by molar-refractivity contribution is 0.194. The van der Waals surface area contributed by atoms with Gasteiger partial charge in [0.15, 0.2) is 11.3 Å². The summed E-state index contributed by atoms with van der Waals surface area (Å²) in [5.41, 5.74) is 1.17. The van der Waals surface area contributed by atoms with E-state index >= 15 is 0 Å². The van der Waals surface area contributed by atoms with Crippen LogP contribution in [0.3, 0.4) is 0 Å². The van der Waals surface area contributed by atoms with Crippen molar-refractivity contribution >= 4 is 11.3 Å². The molecule has 0 atom stereocenters. The lowest BCUT2D eigenvalue weighted by Gasteiger charge is -2.31. The topological polar surface area (TPSA) is 66.8 Å². The molecule has 1 aliphatic heterocycles. The van der Waals surface area contributed by atoms with Crippen molar-refractivity contribution in [2.24, 2.45) is 0 Å². The molecular formula is C12H17N5O. The highest BCUT2D eigenvalue weighted by atomic mass is 16.1. The maximum Gasteiger partial charge on any atom is 0.329 e. The van der Waals surface area contributed by atoms with Gasteiger partial charge in [0.05, 0.1) is 0 Å². The SMILES string of the molecule is CCN1CCC(n2c(=O)[nH]c3nccnc32)CC1. The smallest absolute Gasteiger partial charge is 0.303 e. The highest BCUT2D eigenvalue weighted by molar-refractivity contribution is 5.64. The van der Waals surface area contributed by atoms with E-state index in [0.29, 0.717) is 11.3 Å². The van der Waals surface area contributed by atoms with Crippen molar-refractivity contribution < 1.29 is 0 Å². The molecule has 96 valence electrons. The number of imidazole rings is 1. The van der Waals surface area contributed by atoms with Gasteiger partial charge in [-0.25, -0.2) is 14.8 Å². The molecule has 0 aromatic carbocycles. The fourth-order valence-corrected chi connectivity index (χ4v) is 2.69. The Bertz CT molecular complexity index is 594. The summed E-state index contributed by atoms with van der Waals surface area (Å²) < 4.78 is 1.77. The van der Waals surface area contributed by atoms with E-state index in [-0.39, 0.29) is 11.7 Å². The molecule has 1 N–H and O–H groups in total. The van der Waals surface area contributed by atoms with Crippen LogP contribution in [-0.4, -0.2) is 44.1 Å². The molecule has 2 aromatic heterocycles. The minimum Gasteiger partial charge on any atom is -0.303 e. The number of rotatable bonds is 2. The van der Waals surface area contributed by atoms with Gasteiger partial charge in [-0.3, -0.25) is 9.55 Å². The molecular weight excluding hydrogens is 230 g/mol. The molecule has 0 bridgehead atoms. The zero-order valence-electron chi connectivity index (χ0n) is 10.5. The summed E-state index contributed by atoms with van der Waals surface area (Å²) in [5, 5.41) is 0. The fourth-order valence-electron chi connectivity index (χ4n) is 2.69. The number of likely N-dealkylation sites (tertiary alicyclic amines) is 1.